The van der Waals surface area contributed by atoms with Gasteiger partial charge in [0.05, 0.1) is 29.9 Å². The van der Waals surface area contributed by atoms with Gasteiger partial charge in [-0.2, -0.15) is 8.78 Å². The fourth-order valence-electron chi connectivity index (χ4n) is 4.20. The van der Waals surface area contributed by atoms with Gasteiger partial charge in [-0.1, -0.05) is 12.1 Å². The van der Waals surface area contributed by atoms with Gasteiger partial charge in [0.1, 0.15) is 29.7 Å². The van der Waals surface area contributed by atoms with Crippen LogP contribution in [0.1, 0.15) is 43.8 Å². The van der Waals surface area contributed by atoms with Gasteiger partial charge in [-0.3, -0.25) is 4.98 Å². The van der Waals surface area contributed by atoms with E-state index in [0.717, 1.165) is 25.6 Å². The normalized spacial score (nSPS) is 12.7. The summed E-state index contributed by atoms with van der Waals surface area (Å²) in [5, 5.41) is 16.9. The van der Waals surface area contributed by atoms with Crippen LogP contribution in [0.2, 0.25) is 0 Å². The van der Waals surface area contributed by atoms with Crippen LogP contribution in [0.5, 0.6) is 11.5 Å². The number of fused-ring (bicyclic) bond motifs is 1. The van der Waals surface area contributed by atoms with Crippen LogP contribution in [0.25, 0.3) is 10.9 Å². The van der Waals surface area contributed by atoms with E-state index in [0.29, 0.717) is 47.2 Å². The Labute approximate surface area is 230 Å². The van der Waals surface area contributed by atoms with Gasteiger partial charge < -0.3 is 25.2 Å². The van der Waals surface area contributed by atoms with Crippen LogP contribution in [0.4, 0.5) is 24.7 Å². The van der Waals surface area contributed by atoms with Gasteiger partial charge in [0.15, 0.2) is 11.5 Å². The molecule has 0 amide bonds. The Bertz CT molecular complexity index is 1480. The van der Waals surface area contributed by atoms with E-state index in [4.69, 9.17) is 9.47 Å². The van der Waals surface area contributed by atoms with Crippen molar-refractivity contribution >= 4 is 22.4 Å². The molecule has 8 nitrogen and oxygen atoms in total. The Morgan fingerprint density at radius 1 is 1.07 bits per heavy atom. The number of aromatic nitrogens is 3. The van der Waals surface area contributed by atoms with Gasteiger partial charge in [-0.05, 0) is 52.0 Å². The van der Waals surface area contributed by atoms with E-state index >= 15 is 4.39 Å². The Balaban J connectivity index is 1.62. The first-order valence-electron chi connectivity index (χ1n) is 12.7. The molecule has 4 aromatic rings. The molecule has 0 radical (unpaired) electrons. The predicted octanol–water partition coefficient (Wildman–Crippen LogP) is 6.01. The van der Waals surface area contributed by atoms with Gasteiger partial charge >= 0.3 is 5.92 Å². The van der Waals surface area contributed by atoms with Crippen molar-refractivity contribution in [2.24, 2.45) is 0 Å². The van der Waals surface area contributed by atoms with Crippen molar-refractivity contribution in [1.29, 1.82) is 0 Å². The number of nitrogens with one attached hydrogen (secondary N) is 2. The summed E-state index contributed by atoms with van der Waals surface area (Å²) < 4.78 is 56.5. The molecule has 4 rings (SSSR count). The fourth-order valence-corrected chi connectivity index (χ4v) is 4.20. The van der Waals surface area contributed by atoms with E-state index in [1.165, 1.54) is 19.2 Å². The van der Waals surface area contributed by atoms with Crippen molar-refractivity contribution in [1.82, 2.24) is 15.0 Å². The summed E-state index contributed by atoms with van der Waals surface area (Å²) in [7, 11) is 1.52. The zero-order chi connectivity index (χ0) is 29.1. The second kappa shape index (κ2) is 11.5. The van der Waals surface area contributed by atoms with E-state index < -0.39 is 28.9 Å². The maximum absolute atomic E-state index is 15.4. The quantitative estimate of drug-likeness (QED) is 0.194. The average Bonchev–Trinajstić information content (AvgIpc) is 2.90. The maximum Gasteiger partial charge on any atom is 0.303 e. The summed E-state index contributed by atoms with van der Waals surface area (Å²) in [6.45, 7) is 6.05. The van der Waals surface area contributed by atoms with Gasteiger partial charge in [-0.25, -0.2) is 14.4 Å². The Morgan fingerprint density at radius 2 is 1.85 bits per heavy atom. The lowest BCUT2D eigenvalue weighted by Crippen LogP contribution is -2.41. The van der Waals surface area contributed by atoms with E-state index in [1.54, 1.807) is 38.4 Å². The number of hydrogen-bond donors (Lipinski definition) is 3. The van der Waals surface area contributed by atoms with Crippen LogP contribution in [-0.4, -0.2) is 45.9 Å². The molecule has 0 aliphatic carbocycles. The molecule has 2 heterocycles. The molecule has 0 bridgehead atoms. The van der Waals surface area contributed by atoms with E-state index in [-0.39, 0.29) is 5.56 Å². The zero-order valence-electron chi connectivity index (χ0n) is 22.9. The number of anilines is 2. The molecule has 0 fully saturated rings. The second-order valence-corrected chi connectivity index (χ2v) is 9.86. The number of nitrogens with zero attached hydrogens (tertiary/aromatic N) is 3. The molecule has 11 heteroatoms. The van der Waals surface area contributed by atoms with Gasteiger partial charge in [0.2, 0.25) is 0 Å². The Kier molecular flexibility index (Phi) is 8.34. The van der Waals surface area contributed by atoms with Crippen LogP contribution >= 0.6 is 0 Å². The highest BCUT2D eigenvalue weighted by molar-refractivity contribution is 5.92. The molecule has 40 heavy (non-hydrogen) atoms. The monoisotopic (exact) mass is 555 g/mol. The van der Waals surface area contributed by atoms with Crippen LogP contribution in [0, 0.1) is 12.7 Å². The molecular weight excluding hydrogens is 523 g/mol. The van der Waals surface area contributed by atoms with Crippen molar-refractivity contribution in [3.63, 3.8) is 0 Å². The summed E-state index contributed by atoms with van der Waals surface area (Å²) in [5.41, 5.74) is -1.92. The molecule has 1 atom stereocenters. The van der Waals surface area contributed by atoms with Gasteiger partial charge in [0, 0.05) is 36.0 Å². The molecule has 212 valence electrons. The molecule has 0 saturated carbocycles. The van der Waals surface area contributed by atoms with Crippen molar-refractivity contribution < 1.29 is 27.8 Å². The third-order valence-electron chi connectivity index (χ3n) is 6.40. The number of pyridine rings is 1. The summed E-state index contributed by atoms with van der Waals surface area (Å²) in [6, 6.07) is 10.1. The first-order valence-corrected chi connectivity index (χ1v) is 12.7. The number of aliphatic hydroxyl groups is 1. The molecule has 0 aliphatic rings. The van der Waals surface area contributed by atoms with Crippen molar-refractivity contribution in [3.8, 4) is 11.5 Å². The number of methoxy groups -OCH3 is 1. The molecule has 0 saturated heterocycles. The molecule has 3 N–H and O–H groups in total. The minimum absolute atomic E-state index is 0.00250. The summed E-state index contributed by atoms with van der Waals surface area (Å²) in [4.78, 5) is 13.0. The summed E-state index contributed by atoms with van der Waals surface area (Å²) in [5.74, 6) is -3.17. The smallest absolute Gasteiger partial charge is 0.303 e. The number of aryl methyl sites for hydroxylation is 1. The van der Waals surface area contributed by atoms with E-state index in [1.807, 2.05) is 12.1 Å². The van der Waals surface area contributed by atoms with Crippen molar-refractivity contribution in [2.45, 2.75) is 45.3 Å². The maximum atomic E-state index is 15.4. The Morgan fingerprint density at radius 3 is 2.52 bits per heavy atom. The summed E-state index contributed by atoms with van der Waals surface area (Å²) >= 11 is 0. The lowest BCUT2D eigenvalue weighted by molar-refractivity contribution is -0.170. The van der Waals surface area contributed by atoms with Crippen LogP contribution in [-0.2, 0) is 5.92 Å². The lowest BCUT2D eigenvalue weighted by atomic mass is 9.91. The first kappa shape index (κ1) is 28.9. The SMILES string of the molecule is COc1cc2nc(C)nc(N[C@H](C)c3cccc(C(F)(F)C(C)(C)O)c3F)c2cc1OCCNc1cccnc1. The average molecular weight is 556 g/mol. The molecule has 2 aromatic heterocycles. The molecular formula is C29H32F3N5O3. The van der Waals surface area contributed by atoms with Crippen molar-refractivity contribution in [2.75, 3.05) is 30.9 Å². The topological polar surface area (TPSA) is 101 Å². The third kappa shape index (κ3) is 6.04. The first-order chi connectivity index (χ1) is 18.9. The van der Waals surface area contributed by atoms with Crippen LogP contribution in [0.3, 0.4) is 0 Å². The number of rotatable bonds is 11. The minimum atomic E-state index is -3.81. The van der Waals surface area contributed by atoms with Gasteiger partial charge in [0.25, 0.3) is 0 Å². The number of alkyl halides is 2. The third-order valence-corrected chi connectivity index (χ3v) is 6.40. The number of halogens is 3. The molecule has 2 aromatic carbocycles. The molecule has 0 aliphatic heterocycles. The van der Waals surface area contributed by atoms with Crippen molar-refractivity contribution in [3.05, 3.63) is 77.6 Å². The predicted molar refractivity (Wildman–Crippen MR) is 148 cm³/mol. The number of benzene rings is 2. The Hall–Kier alpha value is -4.12. The molecule has 0 spiro atoms. The van der Waals surface area contributed by atoms with E-state index in [9.17, 15) is 13.9 Å². The number of hydrogen-bond acceptors (Lipinski definition) is 8. The highest BCUT2D eigenvalue weighted by Gasteiger charge is 2.49. The zero-order valence-corrected chi connectivity index (χ0v) is 22.9. The van der Waals surface area contributed by atoms with E-state index in [2.05, 4.69) is 25.6 Å². The highest BCUT2D eigenvalue weighted by atomic mass is 19.3. The second-order valence-electron chi connectivity index (χ2n) is 9.86. The van der Waals surface area contributed by atoms with Crippen LogP contribution in [0.15, 0.2) is 54.9 Å². The fraction of sp³-hybridized carbons (Fsp3) is 0.345. The van der Waals surface area contributed by atoms with Crippen LogP contribution < -0.4 is 20.1 Å². The largest absolute Gasteiger partial charge is 0.493 e. The highest BCUT2D eigenvalue weighted by Crippen LogP contribution is 2.41. The summed E-state index contributed by atoms with van der Waals surface area (Å²) in [6.07, 6.45) is 3.40. The number of ether oxygens (including phenoxy) is 2. The standard InChI is InChI=1S/C29H32F3N5O3/c1-17(20-9-6-10-22(26(20)30)29(31,32)28(3,4)38)35-27-21-14-25(24(39-5)15-23(21)36-18(2)37-27)40-13-12-34-19-8-7-11-33-16-19/h6-11,14-17,34,38H,12-13H2,1-5H3,(H,35,36,37)/t17-/m1/s1. The van der Waals surface area contributed by atoms with Gasteiger partial charge in [-0.15, -0.1) is 0 Å². The molecule has 0 unspecified atom stereocenters. The minimum Gasteiger partial charge on any atom is -0.493 e. The lowest BCUT2D eigenvalue weighted by Gasteiger charge is -2.30.